The molecule has 2 saturated heterocycles. The second-order valence-electron chi connectivity index (χ2n) is 8.36. The van der Waals surface area contributed by atoms with Crippen LogP contribution in [-0.4, -0.2) is 41.7 Å². The lowest BCUT2D eigenvalue weighted by molar-refractivity contribution is -0.384. The number of para-hydroxylation sites is 1. The predicted molar refractivity (Wildman–Crippen MR) is 117 cm³/mol. The second-order valence-corrected chi connectivity index (χ2v) is 8.36. The molecule has 12 heteroatoms. The Labute approximate surface area is 192 Å². The Morgan fingerprint density at radius 3 is 2.62 bits per heavy atom. The number of methoxy groups -OCH3 is 1. The average molecular weight is 465 g/mol. The number of ether oxygens (including phenoxy) is 1. The maximum absolute atomic E-state index is 13.8. The van der Waals surface area contributed by atoms with Crippen LogP contribution in [0, 0.1) is 22.0 Å². The molecule has 2 aromatic carbocycles. The molecule has 12 nitrogen and oxygen atoms in total. The zero-order chi connectivity index (χ0) is 24.4. The summed E-state index contributed by atoms with van der Waals surface area (Å²) in [4.78, 5) is 64.0. The number of imide groups is 1. The van der Waals surface area contributed by atoms with Crippen molar-refractivity contribution in [3.63, 3.8) is 0 Å². The van der Waals surface area contributed by atoms with Crippen LogP contribution >= 0.6 is 0 Å². The monoisotopic (exact) mass is 465 g/mol. The highest BCUT2D eigenvalue weighted by Gasteiger charge is 2.70. The van der Waals surface area contributed by atoms with Gasteiger partial charge in [0.1, 0.15) is 11.3 Å². The molecule has 34 heavy (non-hydrogen) atoms. The van der Waals surface area contributed by atoms with Crippen molar-refractivity contribution in [2.75, 3.05) is 17.3 Å². The lowest BCUT2D eigenvalue weighted by Gasteiger charge is -2.29. The second kappa shape index (κ2) is 7.35. The normalized spacial score (nSPS) is 27.0. The summed E-state index contributed by atoms with van der Waals surface area (Å²) in [7, 11) is 1.26. The van der Waals surface area contributed by atoms with E-state index in [-0.39, 0.29) is 23.5 Å². The quantitative estimate of drug-likeness (QED) is 0.323. The number of carbonyl (C=O) groups is 4. The molecule has 0 unspecified atom stereocenters. The van der Waals surface area contributed by atoms with E-state index in [1.54, 1.807) is 24.3 Å². The van der Waals surface area contributed by atoms with Crippen LogP contribution in [0.1, 0.15) is 12.0 Å². The summed E-state index contributed by atoms with van der Waals surface area (Å²) in [5.41, 5.74) is 4.53. The molecular formula is C22H19N5O7. The molecule has 4 amide bonds. The minimum atomic E-state index is -1.59. The third kappa shape index (κ3) is 2.75. The molecule has 2 aromatic rings. The highest BCUT2D eigenvalue weighted by molar-refractivity contribution is 6.26. The fourth-order valence-corrected chi connectivity index (χ4v) is 5.35. The van der Waals surface area contributed by atoms with Gasteiger partial charge in [-0.15, -0.1) is 0 Å². The number of carbonyl (C=O) groups excluding carboxylic acids is 4. The standard InChI is InChI=1S/C22H19N5O7/c1-34-15-8-10(27(32)33)6-7-14(15)26-19(29)17-13(9-16(23)28)25-22(18(17)20(26)30)11-4-2-3-5-12(11)24-21(22)31/h2-8,13,17-18,25H,9H2,1H3,(H2,23,28)(H,24,31)/t13-,17+,18+,22+/m0/s1. The van der Waals surface area contributed by atoms with Crippen molar-refractivity contribution in [1.82, 2.24) is 5.32 Å². The molecule has 1 spiro atoms. The fourth-order valence-electron chi connectivity index (χ4n) is 5.35. The summed E-state index contributed by atoms with van der Waals surface area (Å²) >= 11 is 0. The van der Waals surface area contributed by atoms with Crippen molar-refractivity contribution in [3.05, 3.63) is 58.1 Å². The lowest BCUT2D eigenvalue weighted by Crippen LogP contribution is -2.53. The number of nitrogens with zero attached hydrogens (tertiary/aromatic N) is 2. The number of anilines is 2. The molecule has 0 saturated carbocycles. The number of nitrogens with one attached hydrogen (secondary N) is 2. The zero-order valence-corrected chi connectivity index (χ0v) is 17.8. The highest BCUT2D eigenvalue weighted by Crippen LogP contribution is 2.54. The van der Waals surface area contributed by atoms with Crippen molar-refractivity contribution >= 4 is 40.7 Å². The summed E-state index contributed by atoms with van der Waals surface area (Å²) in [6.07, 6.45) is -0.275. The molecule has 3 heterocycles. The Morgan fingerprint density at radius 2 is 1.94 bits per heavy atom. The molecule has 4 atom stereocenters. The molecule has 2 fully saturated rings. The first-order valence-electron chi connectivity index (χ1n) is 10.4. The van der Waals surface area contributed by atoms with E-state index in [9.17, 15) is 29.3 Å². The Morgan fingerprint density at radius 1 is 1.21 bits per heavy atom. The molecule has 3 aliphatic rings. The maximum atomic E-state index is 13.8. The summed E-state index contributed by atoms with van der Waals surface area (Å²) in [5.74, 6) is -4.87. The van der Waals surface area contributed by atoms with E-state index in [1.165, 1.54) is 13.2 Å². The average Bonchev–Trinajstić information content (AvgIpc) is 3.37. The molecular weight excluding hydrogens is 446 g/mol. The minimum absolute atomic E-state index is 0.0113. The fraction of sp³-hybridized carbons (Fsp3) is 0.273. The first-order valence-corrected chi connectivity index (χ1v) is 10.4. The minimum Gasteiger partial charge on any atom is -0.494 e. The van der Waals surface area contributed by atoms with Crippen LogP contribution in [-0.2, 0) is 24.7 Å². The number of non-ortho nitro benzene ring substituents is 1. The van der Waals surface area contributed by atoms with Crippen molar-refractivity contribution < 1.29 is 28.8 Å². The van der Waals surface area contributed by atoms with Crippen LogP contribution in [0.3, 0.4) is 0 Å². The molecule has 4 N–H and O–H groups in total. The van der Waals surface area contributed by atoms with Gasteiger partial charge < -0.3 is 15.8 Å². The molecule has 5 rings (SSSR count). The smallest absolute Gasteiger partial charge is 0.273 e. The number of fused-ring (bicyclic) bond motifs is 4. The number of nitrogens with two attached hydrogens (primary N) is 1. The van der Waals surface area contributed by atoms with Crippen molar-refractivity contribution in [2.45, 2.75) is 18.0 Å². The van der Waals surface area contributed by atoms with E-state index < -0.39 is 52.0 Å². The number of amides is 4. The number of primary amides is 1. The van der Waals surface area contributed by atoms with Gasteiger partial charge in [-0.1, -0.05) is 18.2 Å². The number of nitro benzene ring substituents is 1. The Bertz CT molecular complexity index is 1290. The van der Waals surface area contributed by atoms with E-state index in [0.29, 0.717) is 11.3 Å². The van der Waals surface area contributed by atoms with Gasteiger partial charge in [0, 0.05) is 29.8 Å². The Hall–Kier alpha value is -4.32. The van der Waals surface area contributed by atoms with E-state index in [1.807, 2.05) is 0 Å². The lowest BCUT2D eigenvalue weighted by atomic mass is 9.76. The third-order valence-corrected chi connectivity index (χ3v) is 6.66. The van der Waals surface area contributed by atoms with Crippen LogP contribution in [0.2, 0.25) is 0 Å². The van der Waals surface area contributed by atoms with Gasteiger partial charge >= 0.3 is 0 Å². The summed E-state index contributed by atoms with van der Waals surface area (Å²) < 4.78 is 5.23. The summed E-state index contributed by atoms with van der Waals surface area (Å²) in [6, 6.07) is 9.41. The number of rotatable bonds is 5. The van der Waals surface area contributed by atoms with Gasteiger partial charge in [0.25, 0.3) is 5.69 Å². The van der Waals surface area contributed by atoms with E-state index in [4.69, 9.17) is 10.5 Å². The van der Waals surface area contributed by atoms with E-state index in [0.717, 1.165) is 17.0 Å². The van der Waals surface area contributed by atoms with Gasteiger partial charge in [-0.3, -0.25) is 34.6 Å². The molecule has 0 aliphatic carbocycles. The topological polar surface area (TPSA) is 174 Å². The molecule has 0 aromatic heterocycles. The highest BCUT2D eigenvalue weighted by atomic mass is 16.6. The van der Waals surface area contributed by atoms with Crippen molar-refractivity contribution in [1.29, 1.82) is 0 Å². The predicted octanol–water partition coefficient (Wildman–Crippen LogP) is 0.404. The van der Waals surface area contributed by atoms with Crippen molar-refractivity contribution in [2.24, 2.45) is 17.6 Å². The summed E-state index contributed by atoms with van der Waals surface area (Å²) in [5, 5.41) is 17.0. The van der Waals surface area contributed by atoms with Gasteiger partial charge in [0.05, 0.1) is 35.6 Å². The largest absolute Gasteiger partial charge is 0.494 e. The maximum Gasteiger partial charge on any atom is 0.273 e. The Balaban J connectivity index is 1.67. The van der Waals surface area contributed by atoms with Crippen LogP contribution in [0.4, 0.5) is 17.1 Å². The first-order chi connectivity index (χ1) is 16.2. The number of nitro groups is 1. The molecule has 3 aliphatic heterocycles. The van der Waals surface area contributed by atoms with Gasteiger partial charge in [-0.2, -0.15) is 0 Å². The number of benzene rings is 2. The van der Waals surface area contributed by atoms with Crippen LogP contribution in [0.5, 0.6) is 5.75 Å². The number of hydrogen-bond donors (Lipinski definition) is 3. The van der Waals surface area contributed by atoms with E-state index in [2.05, 4.69) is 10.6 Å². The first kappa shape index (κ1) is 21.5. The zero-order valence-electron chi connectivity index (χ0n) is 17.8. The molecule has 174 valence electrons. The van der Waals surface area contributed by atoms with Crippen LogP contribution in [0.25, 0.3) is 0 Å². The molecule has 0 radical (unpaired) electrons. The summed E-state index contributed by atoms with van der Waals surface area (Å²) in [6.45, 7) is 0. The van der Waals surface area contributed by atoms with Crippen molar-refractivity contribution in [3.8, 4) is 5.75 Å². The molecule has 0 bridgehead atoms. The third-order valence-electron chi connectivity index (χ3n) is 6.66. The van der Waals surface area contributed by atoms with Gasteiger partial charge in [-0.25, -0.2) is 4.90 Å². The van der Waals surface area contributed by atoms with Crippen LogP contribution < -0.4 is 26.0 Å². The van der Waals surface area contributed by atoms with Crippen LogP contribution in [0.15, 0.2) is 42.5 Å². The van der Waals surface area contributed by atoms with Gasteiger partial charge in [0.15, 0.2) is 0 Å². The van der Waals surface area contributed by atoms with E-state index >= 15 is 0 Å². The van der Waals surface area contributed by atoms with Gasteiger partial charge in [-0.05, 0) is 12.1 Å². The Kier molecular flexibility index (Phi) is 4.65. The number of hydrogen-bond acceptors (Lipinski definition) is 8. The van der Waals surface area contributed by atoms with Gasteiger partial charge in [0.2, 0.25) is 23.6 Å². The SMILES string of the molecule is COc1cc([N+](=O)[O-])ccc1N1C(=O)[C@@H]2[C@H](CC(N)=O)N[C@@]3(C(=O)Nc4ccccc43)[C@H]2C1=O.